The molecule has 3 N–H and O–H groups in total. The Morgan fingerprint density at radius 3 is 2.33 bits per heavy atom. The Kier molecular flexibility index (Phi) is 5.98. The van der Waals surface area contributed by atoms with Crippen LogP contribution in [0.25, 0.3) is 0 Å². The summed E-state index contributed by atoms with van der Waals surface area (Å²) in [6.45, 7) is 1.30. The average Bonchev–Trinajstić information content (AvgIpc) is 2.43. The fourth-order valence-corrected chi connectivity index (χ4v) is 1.79. The van der Waals surface area contributed by atoms with Crippen LogP contribution in [-0.4, -0.2) is 48.5 Å². The second-order valence-electron chi connectivity index (χ2n) is 4.49. The summed E-state index contributed by atoms with van der Waals surface area (Å²) in [7, 11) is 2.99. The average molecular weight is 297 g/mol. The number of carbonyl (C=O) groups is 2. The Hall–Kier alpha value is -2.28. The lowest BCUT2D eigenvalue weighted by atomic mass is 10.1. The highest BCUT2D eigenvalue weighted by molar-refractivity contribution is 5.85. The number of amides is 1. The number of carbonyl (C=O) groups excluding carboxylic acids is 1. The van der Waals surface area contributed by atoms with Crippen LogP contribution in [0.1, 0.15) is 12.5 Å². The molecule has 1 aromatic carbocycles. The smallest absolute Gasteiger partial charge is 0.328 e. The van der Waals surface area contributed by atoms with Gasteiger partial charge < -0.3 is 25.0 Å². The maximum Gasteiger partial charge on any atom is 0.328 e. The van der Waals surface area contributed by atoms with Crippen molar-refractivity contribution < 1.29 is 29.3 Å². The number of aliphatic hydroxyl groups excluding tert-OH is 1. The summed E-state index contributed by atoms with van der Waals surface area (Å²) in [6.07, 6.45) is -1.21. The summed E-state index contributed by atoms with van der Waals surface area (Å²) in [5.74, 6) is -0.775. The van der Waals surface area contributed by atoms with E-state index in [1.54, 1.807) is 18.2 Å². The summed E-state index contributed by atoms with van der Waals surface area (Å²) in [6, 6.07) is 3.64. The molecular weight excluding hydrogens is 278 g/mol. The minimum absolute atomic E-state index is 0.0309. The number of aliphatic hydroxyl groups is 1. The zero-order valence-electron chi connectivity index (χ0n) is 12.1. The summed E-state index contributed by atoms with van der Waals surface area (Å²) in [5, 5.41) is 20.5. The zero-order valence-corrected chi connectivity index (χ0v) is 12.1. The van der Waals surface area contributed by atoms with Gasteiger partial charge in [-0.25, -0.2) is 4.79 Å². The molecule has 1 amide bonds. The van der Waals surface area contributed by atoms with Gasteiger partial charge in [-0.15, -0.1) is 0 Å². The number of rotatable bonds is 7. The molecule has 0 saturated heterocycles. The molecule has 21 heavy (non-hydrogen) atoms. The van der Waals surface area contributed by atoms with E-state index in [2.05, 4.69) is 5.32 Å². The molecular formula is C14H19NO6. The number of aliphatic carboxylic acids is 1. The first-order chi connectivity index (χ1) is 9.88. The van der Waals surface area contributed by atoms with E-state index in [0.29, 0.717) is 17.1 Å². The summed E-state index contributed by atoms with van der Waals surface area (Å²) >= 11 is 0. The van der Waals surface area contributed by atoms with Gasteiger partial charge in [0.2, 0.25) is 5.91 Å². The maximum absolute atomic E-state index is 11.8. The molecule has 0 aliphatic carbocycles. The predicted octanol–water partition coefficient (Wildman–Crippen LogP) is 0.197. The van der Waals surface area contributed by atoms with Crippen molar-refractivity contribution in [3.63, 3.8) is 0 Å². The van der Waals surface area contributed by atoms with Crippen molar-refractivity contribution in [2.75, 3.05) is 14.2 Å². The lowest BCUT2D eigenvalue weighted by molar-refractivity contribution is -0.144. The molecule has 0 aliphatic rings. The van der Waals surface area contributed by atoms with Gasteiger partial charge in [0.15, 0.2) is 17.5 Å². The van der Waals surface area contributed by atoms with Gasteiger partial charge in [-0.2, -0.15) is 0 Å². The molecule has 7 heteroatoms. The monoisotopic (exact) mass is 297 g/mol. The number of hydrogen-bond acceptors (Lipinski definition) is 5. The molecule has 7 nitrogen and oxygen atoms in total. The van der Waals surface area contributed by atoms with Gasteiger partial charge in [-0.05, 0) is 24.6 Å². The standard InChI is InChI=1S/C14H19NO6/c1-8(16)13(14(18)19)15-12(17)7-9-4-5-10(20-2)11(6-9)21-3/h4-6,8,13,16H,7H2,1-3H3,(H,15,17)(H,18,19). The molecule has 0 saturated carbocycles. The van der Waals surface area contributed by atoms with E-state index in [1.807, 2.05) is 0 Å². The number of benzene rings is 1. The number of carboxylic acids is 1. The fraction of sp³-hybridized carbons (Fsp3) is 0.429. The lowest BCUT2D eigenvalue weighted by Crippen LogP contribution is -2.48. The van der Waals surface area contributed by atoms with Crippen molar-refractivity contribution in [1.82, 2.24) is 5.32 Å². The van der Waals surface area contributed by atoms with Crippen LogP contribution in [0.4, 0.5) is 0 Å². The van der Waals surface area contributed by atoms with Crippen LogP contribution in [0.15, 0.2) is 18.2 Å². The summed E-state index contributed by atoms with van der Waals surface area (Å²) in [4.78, 5) is 22.7. The zero-order chi connectivity index (χ0) is 16.0. The lowest BCUT2D eigenvalue weighted by Gasteiger charge is -2.17. The van der Waals surface area contributed by atoms with Crippen LogP contribution in [-0.2, 0) is 16.0 Å². The second-order valence-corrected chi connectivity index (χ2v) is 4.49. The van der Waals surface area contributed by atoms with E-state index in [0.717, 1.165) is 0 Å². The maximum atomic E-state index is 11.8. The summed E-state index contributed by atoms with van der Waals surface area (Å²) in [5.41, 5.74) is 0.639. The van der Waals surface area contributed by atoms with Crippen molar-refractivity contribution in [3.8, 4) is 11.5 Å². The van der Waals surface area contributed by atoms with Crippen molar-refractivity contribution in [2.45, 2.75) is 25.5 Å². The van der Waals surface area contributed by atoms with Gasteiger partial charge in [-0.3, -0.25) is 4.79 Å². The molecule has 116 valence electrons. The normalized spacial score (nSPS) is 13.1. The van der Waals surface area contributed by atoms with Crippen LogP contribution in [0.2, 0.25) is 0 Å². The first kappa shape index (κ1) is 16.8. The van der Waals surface area contributed by atoms with Crippen LogP contribution in [0, 0.1) is 0 Å². The Balaban J connectivity index is 2.77. The van der Waals surface area contributed by atoms with Gasteiger partial charge in [0.25, 0.3) is 0 Å². The van der Waals surface area contributed by atoms with Gasteiger partial charge >= 0.3 is 5.97 Å². The quantitative estimate of drug-likeness (QED) is 0.664. The van der Waals surface area contributed by atoms with E-state index in [9.17, 15) is 14.7 Å². The van der Waals surface area contributed by atoms with E-state index >= 15 is 0 Å². The van der Waals surface area contributed by atoms with E-state index < -0.39 is 24.0 Å². The van der Waals surface area contributed by atoms with Gasteiger partial charge in [0.05, 0.1) is 26.7 Å². The second kappa shape index (κ2) is 7.49. The Morgan fingerprint density at radius 1 is 1.24 bits per heavy atom. The molecule has 2 unspecified atom stereocenters. The number of methoxy groups -OCH3 is 2. The third-order valence-corrected chi connectivity index (χ3v) is 2.88. The first-order valence-corrected chi connectivity index (χ1v) is 6.30. The molecule has 2 atom stereocenters. The van der Waals surface area contributed by atoms with Gasteiger partial charge in [-0.1, -0.05) is 6.07 Å². The van der Waals surface area contributed by atoms with Gasteiger partial charge in [0.1, 0.15) is 0 Å². The Labute approximate surface area is 122 Å². The molecule has 0 radical (unpaired) electrons. The minimum atomic E-state index is -1.34. The SMILES string of the molecule is COc1ccc(CC(=O)NC(C(=O)O)C(C)O)cc1OC. The predicted molar refractivity (Wildman–Crippen MR) is 74.5 cm³/mol. The molecule has 0 heterocycles. The number of hydrogen-bond donors (Lipinski definition) is 3. The number of carboxylic acid groups (broad SMARTS) is 1. The first-order valence-electron chi connectivity index (χ1n) is 6.30. The van der Waals surface area contributed by atoms with Gasteiger partial charge in [0, 0.05) is 0 Å². The molecule has 0 bridgehead atoms. The van der Waals surface area contributed by atoms with Crippen LogP contribution in [0.5, 0.6) is 11.5 Å². The molecule has 0 fully saturated rings. The molecule has 0 spiro atoms. The molecule has 1 rings (SSSR count). The third-order valence-electron chi connectivity index (χ3n) is 2.88. The molecule has 1 aromatic rings. The summed E-state index contributed by atoms with van der Waals surface area (Å²) < 4.78 is 10.2. The van der Waals surface area contributed by atoms with Crippen molar-refractivity contribution in [3.05, 3.63) is 23.8 Å². The van der Waals surface area contributed by atoms with Crippen LogP contribution < -0.4 is 14.8 Å². The van der Waals surface area contributed by atoms with E-state index in [4.69, 9.17) is 14.6 Å². The Bertz CT molecular complexity index is 514. The highest BCUT2D eigenvalue weighted by Crippen LogP contribution is 2.27. The molecule has 0 aromatic heterocycles. The Morgan fingerprint density at radius 2 is 1.86 bits per heavy atom. The van der Waals surface area contributed by atoms with Crippen LogP contribution >= 0.6 is 0 Å². The highest BCUT2D eigenvalue weighted by Gasteiger charge is 2.24. The number of ether oxygens (including phenoxy) is 2. The number of nitrogens with one attached hydrogen (secondary N) is 1. The van der Waals surface area contributed by atoms with Crippen LogP contribution in [0.3, 0.4) is 0 Å². The van der Waals surface area contributed by atoms with Crippen molar-refractivity contribution in [2.24, 2.45) is 0 Å². The third kappa shape index (κ3) is 4.64. The topological polar surface area (TPSA) is 105 Å². The van der Waals surface area contributed by atoms with E-state index in [1.165, 1.54) is 21.1 Å². The van der Waals surface area contributed by atoms with E-state index in [-0.39, 0.29) is 6.42 Å². The van der Waals surface area contributed by atoms with Crippen molar-refractivity contribution >= 4 is 11.9 Å². The minimum Gasteiger partial charge on any atom is -0.493 e. The largest absolute Gasteiger partial charge is 0.493 e. The highest BCUT2D eigenvalue weighted by atomic mass is 16.5. The fourth-order valence-electron chi connectivity index (χ4n) is 1.79. The molecule has 0 aliphatic heterocycles. The van der Waals surface area contributed by atoms with Crippen molar-refractivity contribution in [1.29, 1.82) is 0 Å².